The lowest BCUT2D eigenvalue weighted by atomic mass is 10.1. The minimum atomic E-state index is -0.0402. The van der Waals surface area contributed by atoms with Gasteiger partial charge in [0.1, 0.15) is 5.82 Å². The highest BCUT2D eigenvalue weighted by molar-refractivity contribution is 7.98. The van der Waals surface area contributed by atoms with Gasteiger partial charge >= 0.3 is 0 Å². The molecule has 2 aromatic rings. The van der Waals surface area contributed by atoms with Crippen molar-refractivity contribution in [2.45, 2.75) is 18.4 Å². The van der Waals surface area contributed by atoms with Crippen LogP contribution in [0.2, 0.25) is 0 Å². The van der Waals surface area contributed by atoms with Crippen molar-refractivity contribution in [3.8, 4) is 0 Å². The smallest absolute Gasteiger partial charge is 0.251 e. The monoisotopic (exact) mass is 370 g/mol. The molecule has 0 atom stereocenters. The van der Waals surface area contributed by atoms with Crippen LogP contribution in [0.4, 0.5) is 5.82 Å². The molecule has 0 unspecified atom stereocenters. The molecular weight excluding hydrogens is 344 g/mol. The number of hydrogen-bond acceptors (Lipinski definition) is 5. The Bertz CT molecular complexity index is 755. The second-order valence-electron chi connectivity index (χ2n) is 6.68. The van der Waals surface area contributed by atoms with E-state index in [4.69, 9.17) is 0 Å². The Labute approximate surface area is 159 Å². The molecule has 0 saturated carbocycles. The molecule has 5 nitrogen and oxygen atoms in total. The Hall–Kier alpha value is -2.05. The van der Waals surface area contributed by atoms with E-state index in [2.05, 4.69) is 27.1 Å². The predicted molar refractivity (Wildman–Crippen MR) is 108 cm³/mol. The molecule has 1 aromatic heterocycles. The number of aryl methyl sites for hydroxylation is 1. The Balaban J connectivity index is 1.59. The second kappa shape index (κ2) is 8.56. The van der Waals surface area contributed by atoms with E-state index in [1.165, 1.54) is 0 Å². The number of hydrogen-bond donors (Lipinski definition) is 1. The summed E-state index contributed by atoms with van der Waals surface area (Å²) in [5.74, 6) is 0.971. The van der Waals surface area contributed by atoms with Crippen LogP contribution in [0.1, 0.15) is 21.5 Å². The molecule has 26 heavy (non-hydrogen) atoms. The Kier molecular flexibility index (Phi) is 6.16. The highest BCUT2D eigenvalue weighted by Crippen LogP contribution is 2.19. The van der Waals surface area contributed by atoms with Gasteiger partial charge in [-0.1, -0.05) is 12.1 Å². The van der Waals surface area contributed by atoms with Gasteiger partial charge in [0.2, 0.25) is 0 Å². The van der Waals surface area contributed by atoms with Crippen LogP contribution in [0.5, 0.6) is 0 Å². The highest BCUT2D eigenvalue weighted by Gasteiger charge is 2.15. The Morgan fingerprint density at radius 1 is 1.19 bits per heavy atom. The number of carbonyl (C=O) groups excluding carboxylic acids is 1. The average molecular weight is 371 g/mol. The van der Waals surface area contributed by atoms with Crippen molar-refractivity contribution in [1.82, 2.24) is 15.2 Å². The van der Waals surface area contributed by atoms with Crippen molar-refractivity contribution >= 4 is 23.5 Å². The Morgan fingerprint density at radius 3 is 2.62 bits per heavy atom. The van der Waals surface area contributed by atoms with Gasteiger partial charge in [0.05, 0.1) is 0 Å². The third-order valence-electron chi connectivity index (χ3n) is 4.78. The summed E-state index contributed by atoms with van der Waals surface area (Å²) in [6, 6.07) is 10.1. The van der Waals surface area contributed by atoms with Crippen LogP contribution in [-0.2, 0) is 6.54 Å². The van der Waals surface area contributed by atoms with Gasteiger partial charge in [0.15, 0.2) is 0 Å². The average Bonchev–Trinajstić information content (AvgIpc) is 2.67. The van der Waals surface area contributed by atoms with E-state index in [9.17, 15) is 4.79 Å². The molecule has 0 bridgehead atoms. The van der Waals surface area contributed by atoms with Gasteiger partial charge < -0.3 is 15.1 Å². The number of thioether (sulfide) groups is 1. The number of benzene rings is 1. The van der Waals surface area contributed by atoms with Crippen LogP contribution in [0.15, 0.2) is 41.4 Å². The van der Waals surface area contributed by atoms with E-state index < -0.39 is 0 Å². The minimum absolute atomic E-state index is 0.0402. The highest BCUT2D eigenvalue weighted by atomic mass is 32.2. The van der Waals surface area contributed by atoms with Crippen LogP contribution in [0, 0.1) is 6.92 Å². The van der Waals surface area contributed by atoms with Crippen molar-refractivity contribution in [3.63, 3.8) is 0 Å². The summed E-state index contributed by atoms with van der Waals surface area (Å²) >= 11 is 1.64. The number of rotatable bonds is 5. The zero-order chi connectivity index (χ0) is 18.5. The summed E-state index contributed by atoms with van der Waals surface area (Å²) in [5.41, 5.74) is 2.73. The summed E-state index contributed by atoms with van der Waals surface area (Å²) in [4.78, 5) is 22.8. The molecule has 138 valence electrons. The quantitative estimate of drug-likeness (QED) is 0.820. The molecule has 3 rings (SSSR count). The molecule has 2 heterocycles. The maximum atomic E-state index is 12.5. The zero-order valence-corrected chi connectivity index (χ0v) is 16.5. The zero-order valence-electron chi connectivity index (χ0n) is 15.7. The molecule has 1 saturated heterocycles. The number of nitrogens with zero attached hydrogens (tertiary/aromatic N) is 3. The molecule has 1 aromatic carbocycles. The van der Waals surface area contributed by atoms with Gasteiger partial charge in [-0.25, -0.2) is 4.98 Å². The van der Waals surface area contributed by atoms with Gasteiger partial charge in [-0.2, -0.15) is 0 Å². The summed E-state index contributed by atoms with van der Waals surface area (Å²) in [5, 5.41) is 3.00. The molecule has 1 amide bonds. The fourth-order valence-electron chi connectivity index (χ4n) is 2.99. The maximum absolute atomic E-state index is 12.5. The van der Waals surface area contributed by atoms with E-state index in [1.54, 1.807) is 11.8 Å². The van der Waals surface area contributed by atoms with Gasteiger partial charge in [0.25, 0.3) is 5.91 Å². The van der Waals surface area contributed by atoms with Gasteiger partial charge in [-0.15, -0.1) is 11.8 Å². The van der Waals surface area contributed by atoms with Crippen LogP contribution < -0.4 is 10.2 Å². The number of aromatic nitrogens is 1. The predicted octanol–water partition coefficient (Wildman–Crippen LogP) is 2.79. The number of pyridine rings is 1. The first-order chi connectivity index (χ1) is 12.6. The van der Waals surface area contributed by atoms with E-state index in [-0.39, 0.29) is 5.91 Å². The largest absolute Gasteiger partial charge is 0.354 e. The number of amides is 1. The lowest BCUT2D eigenvalue weighted by Gasteiger charge is -2.33. The van der Waals surface area contributed by atoms with Crippen LogP contribution in [0.3, 0.4) is 0 Å². The fourth-order valence-corrected chi connectivity index (χ4v) is 3.43. The van der Waals surface area contributed by atoms with Crippen LogP contribution in [0.25, 0.3) is 0 Å². The second-order valence-corrected chi connectivity index (χ2v) is 7.56. The third kappa shape index (κ3) is 4.56. The molecule has 1 N–H and O–H groups in total. The molecule has 6 heteroatoms. The summed E-state index contributed by atoms with van der Waals surface area (Å²) in [6.07, 6.45) is 3.87. The van der Waals surface area contributed by atoms with Crippen molar-refractivity contribution in [2.75, 3.05) is 44.4 Å². The van der Waals surface area contributed by atoms with Crippen molar-refractivity contribution in [1.29, 1.82) is 0 Å². The molecule has 0 aliphatic carbocycles. The SMILES string of the molecule is CSc1ccc(C)c(C(=O)NCc2ccc(N3CCN(C)CC3)nc2)c1. The van der Waals surface area contributed by atoms with E-state index in [0.717, 1.165) is 53.6 Å². The van der Waals surface area contributed by atoms with Gasteiger partial charge in [-0.3, -0.25) is 4.79 Å². The van der Waals surface area contributed by atoms with Gasteiger partial charge in [0, 0.05) is 49.4 Å². The lowest BCUT2D eigenvalue weighted by molar-refractivity contribution is 0.0950. The summed E-state index contributed by atoms with van der Waals surface area (Å²) < 4.78 is 0. The molecule has 1 aliphatic rings. The topological polar surface area (TPSA) is 48.5 Å². The maximum Gasteiger partial charge on any atom is 0.251 e. The van der Waals surface area contributed by atoms with Crippen molar-refractivity contribution in [2.24, 2.45) is 0 Å². The number of anilines is 1. The first kappa shape index (κ1) is 18.7. The standard InChI is InChI=1S/C20H26N4OS/c1-15-4-6-17(26-3)12-18(15)20(25)22-14-16-5-7-19(21-13-16)24-10-8-23(2)9-11-24/h4-7,12-13H,8-11,14H2,1-3H3,(H,22,25). The Morgan fingerprint density at radius 2 is 1.96 bits per heavy atom. The molecule has 0 radical (unpaired) electrons. The van der Waals surface area contributed by atoms with Crippen molar-refractivity contribution < 1.29 is 4.79 Å². The van der Waals surface area contributed by atoms with Crippen molar-refractivity contribution in [3.05, 3.63) is 53.2 Å². The lowest BCUT2D eigenvalue weighted by Crippen LogP contribution is -2.44. The number of likely N-dealkylation sites (N-methyl/N-ethyl adjacent to an activating group) is 1. The minimum Gasteiger partial charge on any atom is -0.354 e. The fraction of sp³-hybridized carbons (Fsp3) is 0.400. The molecule has 1 aliphatic heterocycles. The first-order valence-electron chi connectivity index (χ1n) is 8.88. The van der Waals surface area contributed by atoms with Crippen LogP contribution >= 0.6 is 11.8 Å². The normalized spacial score (nSPS) is 15.1. The number of nitrogens with one attached hydrogen (secondary N) is 1. The van der Waals surface area contributed by atoms with E-state index in [0.29, 0.717) is 6.54 Å². The van der Waals surface area contributed by atoms with Crippen LogP contribution in [-0.4, -0.2) is 55.3 Å². The molecule has 0 spiro atoms. The third-order valence-corrected chi connectivity index (χ3v) is 5.50. The van der Waals surface area contributed by atoms with Gasteiger partial charge in [-0.05, 0) is 49.6 Å². The number of piperazine rings is 1. The summed E-state index contributed by atoms with van der Waals surface area (Å²) in [7, 11) is 2.15. The van der Waals surface area contributed by atoms with E-state index >= 15 is 0 Å². The summed E-state index contributed by atoms with van der Waals surface area (Å²) in [6.45, 7) is 6.58. The van der Waals surface area contributed by atoms with E-state index in [1.807, 2.05) is 49.7 Å². The number of carbonyl (C=O) groups is 1. The molecular formula is C20H26N4OS. The molecule has 1 fully saturated rings. The first-order valence-corrected chi connectivity index (χ1v) is 10.1.